The quantitative estimate of drug-likeness (QED) is 0.385. The van der Waals surface area contributed by atoms with Crippen molar-refractivity contribution < 1.29 is 4.92 Å². The maximum absolute atomic E-state index is 10.9. The Morgan fingerprint density at radius 1 is 1.32 bits per heavy atom. The zero-order valence-corrected chi connectivity index (χ0v) is 10.6. The fourth-order valence-electron chi connectivity index (χ4n) is 1.50. The molecule has 0 unspecified atom stereocenters. The molecule has 7 heteroatoms. The smallest absolute Gasteiger partial charge is 0.283 e. The van der Waals surface area contributed by atoms with E-state index in [9.17, 15) is 10.1 Å². The van der Waals surface area contributed by atoms with Crippen LogP contribution < -0.4 is 5.73 Å². The highest BCUT2D eigenvalue weighted by Crippen LogP contribution is 2.35. The van der Waals surface area contributed by atoms with Gasteiger partial charge in [-0.05, 0) is 12.1 Å². The van der Waals surface area contributed by atoms with Crippen molar-refractivity contribution in [3.05, 3.63) is 58.4 Å². The molecule has 0 fully saturated rings. The van der Waals surface area contributed by atoms with E-state index < -0.39 is 4.92 Å². The monoisotopic (exact) mass is 274 g/mol. The van der Waals surface area contributed by atoms with E-state index in [1.165, 1.54) is 30.2 Å². The number of hydrogen-bond donors (Lipinski definition) is 2. The minimum Gasteiger partial charge on any atom is -0.384 e. The minimum atomic E-state index is -0.438. The summed E-state index contributed by atoms with van der Waals surface area (Å²) in [5.74, 6) is -0.0940. The predicted octanol–water partition coefficient (Wildman–Crippen LogP) is 2.43. The normalized spacial score (nSPS) is 10.1. The highest BCUT2D eigenvalue weighted by Gasteiger charge is 2.15. The van der Waals surface area contributed by atoms with Gasteiger partial charge in [0.2, 0.25) is 0 Å². The Bertz CT molecular complexity index is 590. The van der Waals surface area contributed by atoms with Crippen LogP contribution in [0.5, 0.6) is 0 Å². The van der Waals surface area contributed by atoms with Crippen molar-refractivity contribution in [2.75, 3.05) is 0 Å². The first kappa shape index (κ1) is 13.0. The highest BCUT2D eigenvalue weighted by atomic mass is 32.2. The Morgan fingerprint density at radius 3 is 2.74 bits per heavy atom. The first-order chi connectivity index (χ1) is 9.09. The summed E-state index contributed by atoms with van der Waals surface area (Å²) in [4.78, 5) is 15.6. The molecular weight excluding hydrogens is 264 g/mol. The van der Waals surface area contributed by atoms with Gasteiger partial charge < -0.3 is 5.73 Å². The lowest BCUT2D eigenvalue weighted by Crippen LogP contribution is -2.12. The largest absolute Gasteiger partial charge is 0.384 e. The predicted molar refractivity (Wildman–Crippen MR) is 72.5 cm³/mol. The molecule has 0 aliphatic rings. The van der Waals surface area contributed by atoms with Gasteiger partial charge in [-0.1, -0.05) is 23.9 Å². The Labute approximate surface area is 113 Å². The van der Waals surface area contributed by atoms with Crippen molar-refractivity contribution in [3.63, 3.8) is 0 Å². The lowest BCUT2D eigenvalue weighted by molar-refractivity contribution is -0.387. The third kappa shape index (κ3) is 2.89. The molecular formula is C12H10N4O2S. The number of nitrogen functional groups attached to an aromatic ring is 1. The molecule has 0 amide bonds. The number of benzene rings is 1. The third-order valence-electron chi connectivity index (χ3n) is 2.36. The molecule has 0 aliphatic carbocycles. The molecule has 0 bridgehead atoms. The number of nitrogens with two attached hydrogens (primary N) is 1. The molecule has 0 spiro atoms. The van der Waals surface area contributed by atoms with Gasteiger partial charge >= 0.3 is 0 Å². The number of nitro groups is 1. The Morgan fingerprint density at radius 2 is 2.05 bits per heavy atom. The van der Waals surface area contributed by atoms with Gasteiger partial charge in [0, 0.05) is 28.9 Å². The number of nitro benzene ring substituents is 1. The Balaban J connectivity index is 2.42. The fourth-order valence-corrected chi connectivity index (χ4v) is 2.53. The summed E-state index contributed by atoms with van der Waals surface area (Å²) >= 11 is 1.17. The van der Waals surface area contributed by atoms with Crippen LogP contribution in [0.3, 0.4) is 0 Å². The summed E-state index contributed by atoms with van der Waals surface area (Å²) in [5, 5.41) is 18.4. The van der Waals surface area contributed by atoms with E-state index in [1.54, 1.807) is 24.3 Å². The van der Waals surface area contributed by atoms with Crippen LogP contribution in [0, 0.1) is 15.5 Å². The molecule has 0 atom stereocenters. The molecule has 3 N–H and O–H groups in total. The minimum absolute atomic E-state index is 0.0193. The van der Waals surface area contributed by atoms with Gasteiger partial charge in [-0.3, -0.25) is 20.5 Å². The zero-order chi connectivity index (χ0) is 13.8. The van der Waals surface area contributed by atoms with Gasteiger partial charge in [0.25, 0.3) is 5.69 Å². The average Bonchev–Trinajstić information content (AvgIpc) is 2.39. The van der Waals surface area contributed by atoms with Crippen LogP contribution in [0.2, 0.25) is 0 Å². The molecule has 19 heavy (non-hydrogen) atoms. The van der Waals surface area contributed by atoms with E-state index in [4.69, 9.17) is 11.1 Å². The topological polar surface area (TPSA) is 106 Å². The number of rotatable bonds is 4. The molecule has 1 heterocycles. The number of nitrogens with one attached hydrogen (secondary N) is 1. The van der Waals surface area contributed by atoms with Crippen LogP contribution in [0.4, 0.5) is 5.69 Å². The summed E-state index contributed by atoms with van der Waals surface area (Å²) in [6, 6.07) is 8.03. The number of para-hydroxylation sites is 1. The first-order valence-corrected chi connectivity index (χ1v) is 6.11. The maximum Gasteiger partial charge on any atom is 0.283 e. The Kier molecular flexibility index (Phi) is 3.76. The summed E-state index contributed by atoms with van der Waals surface area (Å²) in [7, 11) is 0. The third-order valence-corrected chi connectivity index (χ3v) is 3.47. The SMILES string of the molecule is N=C(N)c1ccncc1Sc1ccccc1[N+](=O)[O-]. The second-order valence-electron chi connectivity index (χ2n) is 3.61. The van der Waals surface area contributed by atoms with Crippen LogP contribution in [-0.4, -0.2) is 15.7 Å². The van der Waals surface area contributed by atoms with E-state index in [-0.39, 0.29) is 11.5 Å². The van der Waals surface area contributed by atoms with Crippen molar-refractivity contribution >= 4 is 23.3 Å². The molecule has 1 aromatic carbocycles. The summed E-state index contributed by atoms with van der Waals surface area (Å²) < 4.78 is 0. The lowest BCUT2D eigenvalue weighted by Gasteiger charge is -2.07. The van der Waals surface area contributed by atoms with Crippen molar-refractivity contribution in [3.8, 4) is 0 Å². The van der Waals surface area contributed by atoms with Gasteiger partial charge in [0.05, 0.1) is 9.82 Å². The number of pyridine rings is 1. The van der Waals surface area contributed by atoms with Gasteiger partial charge in [-0.15, -0.1) is 0 Å². The van der Waals surface area contributed by atoms with Crippen molar-refractivity contribution in [2.24, 2.45) is 5.73 Å². The van der Waals surface area contributed by atoms with E-state index in [0.717, 1.165) is 0 Å². The van der Waals surface area contributed by atoms with Crippen LogP contribution in [0.1, 0.15) is 5.56 Å². The molecule has 96 valence electrons. The lowest BCUT2D eigenvalue weighted by atomic mass is 10.2. The molecule has 6 nitrogen and oxygen atoms in total. The van der Waals surface area contributed by atoms with E-state index >= 15 is 0 Å². The van der Waals surface area contributed by atoms with Crippen LogP contribution in [-0.2, 0) is 0 Å². The second kappa shape index (κ2) is 5.49. The number of aromatic nitrogens is 1. The van der Waals surface area contributed by atoms with Crippen LogP contribution in [0.15, 0.2) is 52.5 Å². The molecule has 1 aromatic heterocycles. The molecule has 0 radical (unpaired) electrons. The maximum atomic E-state index is 10.9. The van der Waals surface area contributed by atoms with Gasteiger partial charge in [0.1, 0.15) is 5.84 Å². The number of amidine groups is 1. The Hall–Kier alpha value is -2.41. The average molecular weight is 274 g/mol. The van der Waals surface area contributed by atoms with Crippen molar-refractivity contribution in [2.45, 2.75) is 9.79 Å². The summed E-state index contributed by atoms with van der Waals surface area (Å²) in [6.45, 7) is 0. The summed E-state index contributed by atoms with van der Waals surface area (Å²) in [6.07, 6.45) is 3.07. The number of hydrogen-bond acceptors (Lipinski definition) is 5. The van der Waals surface area contributed by atoms with E-state index in [1.807, 2.05) is 0 Å². The van der Waals surface area contributed by atoms with Crippen LogP contribution in [0.25, 0.3) is 0 Å². The molecule has 0 saturated carbocycles. The number of nitrogens with zero attached hydrogens (tertiary/aromatic N) is 2. The molecule has 2 aromatic rings. The molecule has 0 aliphatic heterocycles. The van der Waals surface area contributed by atoms with E-state index in [0.29, 0.717) is 15.4 Å². The van der Waals surface area contributed by atoms with Gasteiger partial charge in [0.15, 0.2) is 0 Å². The molecule has 0 saturated heterocycles. The molecule has 2 rings (SSSR count). The van der Waals surface area contributed by atoms with Crippen molar-refractivity contribution in [1.82, 2.24) is 4.98 Å². The van der Waals surface area contributed by atoms with Crippen LogP contribution >= 0.6 is 11.8 Å². The fraction of sp³-hybridized carbons (Fsp3) is 0. The van der Waals surface area contributed by atoms with E-state index in [2.05, 4.69) is 4.98 Å². The highest BCUT2D eigenvalue weighted by molar-refractivity contribution is 7.99. The summed E-state index contributed by atoms with van der Waals surface area (Å²) in [5.41, 5.74) is 6.01. The van der Waals surface area contributed by atoms with Crippen molar-refractivity contribution in [1.29, 1.82) is 5.41 Å². The first-order valence-electron chi connectivity index (χ1n) is 5.29. The van der Waals surface area contributed by atoms with Gasteiger partial charge in [-0.25, -0.2) is 0 Å². The standard InChI is InChI=1S/C12H10N4O2S/c13-12(14)8-5-6-15-7-11(8)19-10-4-2-1-3-9(10)16(17)18/h1-7H,(H3,13,14). The second-order valence-corrected chi connectivity index (χ2v) is 4.70. The van der Waals surface area contributed by atoms with Gasteiger partial charge in [-0.2, -0.15) is 0 Å². The zero-order valence-electron chi connectivity index (χ0n) is 9.74.